The predicted molar refractivity (Wildman–Crippen MR) is 79.2 cm³/mol. The zero-order valence-electron chi connectivity index (χ0n) is 11.3. The molecule has 0 spiro atoms. The highest BCUT2D eigenvalue weighted by atomic mass is 16.1. The summed E-state index contributed by atoms with van der Waals surface area (Å²) in [6.07, 6.45) is 1.55. The third-order valence-corrected chi connectivity index (χ3v) is 3.10. The molecule has 1 heterocycles. The quantitative estimate of drug-likeness (QED) is 0.572. The topological polar surface area (TPSA) is 80.0 Å². The Kier molecular flexibility index (Phi) is 4.68. The van der Waals surface area contributed by atoms with Crippen molar-refractivity contribution in [3.05, 3.63) is 59.9 Å². The van der Waals surface area contributed by atoms with Crippen LogP contribution in [0.5, 0.6) is 0 Å². The van der Waals surface area contributed by atoms with Crippen molar-refractivity contribution in [2.75, 3.05) is 12.0 Å². The number of benzene rings is 1. The maximum Gasteiger partial charge on any atom is 0.269 e. The molecule has 0 fully saturated rings. The minimum Gasteiger partial charge on any atom is -0.350 e. The van der Waals surface area contributed by atoms with Crippen molar-refractivity contribution >= 4 is 11.6 Å². The van der Waals surface area contributed by atoms with Gasteiger partial charge in [-0.3, -0.25) is 15.6 Å². The molecule has 104 valence electrons. The van der Waals surface area contributed by atoms with Gasteiger partial charge in [0.1, 0.15) is 5.69 Å². The minimum absolute atomic E-state index is 0.204. The number of hydrazine groups is 1. The van der Waals surface area contributed by atoms with Gasteiger partial charge >= 0.3 is 0 Å². The predicted octanol–water partition coefficient (Wildman–Crippen LogP) is 1.90. The van der Waals surface area contributed by atoms with Gasteiger partial charge in [-0.15, -0.1) is 0 Å². The number of carbonyl (C=O) groups is 1. The maximum absolute atomic E-state index is 12.0. The van der Waals surface area contributed by atoms with Crippen LogP contribution in [0, 0.1) is 0 Å². The third-order valence-electron chi connectivity index (χ3n) is 3.10. The number of carbonyl (C=O) groups excluding carboxylic acids is 1. The number of nitrogens with zero attached hydrogens (tertiary/aromatic N) is 1. The number of hydrogen-bond acceptors (Lipinski definition) is 4. The smallest absolute Gasteiger partial charge is 0.269 e. The highest BCUT2D eigenvalue weighted by Crippen LogP contribution is 2.13. The van der Waals surface area contributed by atoms with E-state index in [0.29, 0.717) is 17.9 Å². The Morgan fingerprint density at radius 2 is 2.05 bits per heavy atom. The van der Waals surface area contributed by atoms with Crippen LogP contribution < -0.4 is 16.6 Å². The van der Waals surface area contributed by atoms with E-state index in [9.17, 15) is 4.79 Å². The van der Waals surface area contributed by atoms with E-state index >= 15 is 0 Å². The van der Waals surface area contributed by atoms with Crippen LogP contribution in [0.25, 0.3) is 0 Å². The van der Waals surface area contributed by atoms with Gasteiger partial charge in [-0.05, 0) is 23.6 Å². The molecule has 4 N–H and O–H groups in total. The van der Waals surface area contributed by atoms with Gasteiger partial charge in [0.25, 0.3) is 5.91 Å². The second-order valence-corrected chi connectivity index (χ2v) is 4.60. The Bertz CT molecular complexity index is 571. The molecule has 0 bridgehead atoms. The summed E-state index contributed by atoms with van der Waals surface area (Å²) in [5, 5.41) is 2.88. The standard InChI is InChI=1S/C15H18N4O/c1-11(12-5-3-2-4-6-12)10-18-15(20)14-9-13(19-16)7-8-17-14/h2-9,11H,10,16H2,1H3,(H,17,19)(H,18,20). The lowest BCUT2D eigenvalue weighted by atomic mass is 10.0. The fraction of sp³-hybridized carbons (Fsp3) is 0.200. The largest absolute Gasteiger partial charge is 0.350 e. The minimum atomic E-state index is -0.204. The number of hydrogen-bond donors (Lipinski definition) is 3. The highest BCUT2D eigenvalue weighted by molar-refractivity contribution is 5.93. The van der Waals surface area contributed by atoms with E-state index in [0.717, 1.165) is 0 Å². The summed E-state index contributed by atoms with van der Waals surface area (Å²) in [7, 11) is 0. The van der Waals surface area contributed by atoms with Gasteiger partial charge in [-0.2, -0.15) is 0 Å². The molecule has 0 aliphatic carbocycles. The van der Waals surface area contributed by atoms with Crippen molar-refractivity contribution in [2.24, 2.45) is 5.84 Å². The summed E-state index contributed by atoms with van der Waals surface area (Å²) in [5.41, 5.74) is 4.69. The Morgan fingerprint density at radius 3 is 2.75 bits per heavy atom. The summed E-state index contributed by atoms with van der Waals surface area (Å²) in [4.78, 5) is 16.0. The van der Waals surface area contributed by atoms with Gasteiger partial charge in [-0.1, -0.05) is 37.3 Å². The fourth-order valence-corrected chi connectivity index (χ4v) is 1.88. The second-order valence-electron chi connectivity index (χ2n) is 4.60. The number of rotatable bonds is 5. The van der Waals surface area contributed by atoms with Crippen LogP contribution in [0.15, 0.2) is 48.7 Å². The molecule has 1 unspecified atom stereocenters. The van der Waals surface area contributed by atoms with Crippen LogP contribution in [0.3, 0.4) is 0 Å². The molecule has 0 saturated carbocycles. The van der Waals surface area contributed by atoms with Crippen LogP contribution in [0.1, 0.15) is 28.9 Å². The van der Waals surface area contributed by atoms with Gasteiger partial charge in [-0.25, -0.2) is 0 Å². The van der Waals surface area contributed by atoms with E-state index in [1.54, 1.807) is 18.3 Å². The molecule has 2 rings (SSSR count). The van der Waals surface area contributed by atoms with E-state index in [-0.39, 0.29) is 11.8 Å². The molecule has 1 aromatic heterocycles. The van der Waals surface area contributed by atoms with Gasteiger partial charge in [0.05, 0.1) is 5.69 Å². The zero-order chi connectivity index (χ0) is 14.4. The van der Waals surface area contributed by atoms with Crippen LogP contribution in [-0.2, 0) is 0 Å². The summed E-state index contributed by atoms with van der Waals surface area (Å²) in [6, 6.07) is 13.4. The number of anilines is 1. The van der Waals surface area contributed by atoms with E-state index in [1.807, 2.05) is 30.3 Å². The number of aromatic nitrogens is 1. The number of nitrogens with two attached hydrogens (primary N) is 1. The Balaban J connectivity index is 1.95. The van der Waals surface area contributed by atoms with Crippen molar-refractivity contribution < 1.29 is 4.79 Å². The summed E-state index contributed by atoms with van der Waals surface area (Å²) in [5.74, 6) is 5.35. The normalized spacial score (nSPS) is 11.7. The summed E-state index contributed by atoms with van der Waals surface area (Å²) in [6.45, 7) is 2.63. The van der Waals surface area contributed by atoms with Crippen LogP contribution in [-0.4, -0.2) is 17.4 Å². The molecular weight excluding hydrogens is 252 g/mol. The number of amides is 1. The molecule has 5 heteroatoms. The van der Waals surface area contributed by atoms with Gasteiger partial charge < -0.3 is 10.7 Å². The molecule has 5 nitrogen and oxygen atoms in total. The molecule has 0 aliphatic heterocycles. The lowest BCUT2D eigenvalue weighted by Crippen LogP contribution is -2.28. The van der Waals surface area contributed by atoms with Crippen molar-refractivity contribution in [1.82, 2.24) is 10.3 Å². The maximum atomic E-state index is 12.0. The Morgan fingerprint density at radius 1 is 1.30 bits per heavy atom. The average molecular weight is 270 g/mol. The molecule has 0 radical (unpaired) electrons. The van der Waals surface area contributed by atoms with Gasteiger partial charge in [0, 0.05) is 12.7 Å². The van der Waals surface area contributed by atoms with Crippen molar-refractivity contribution in [3.63, 3.8) is 0 Å². The highest BCUT2D eigenvalue weighted by Gasteiger charge is 2.10. The van der Waals surface area contributed by atoms with Gasteiger partial charge in [0.2, 0.25) is 0 Å². The average Bonchev–Trinajstić information content (AvgIpc) is 2.53. The first-order valence-corrected chi connectivity index (χ1v) is 6.46. The van der Waals surface area contributed by atoms with Gasteiger partial charge in [0.15, 0.2) is 0 Å². The van der Waals surface area contributed by atoms with E-state index in [1.165, 1.54) is 5.56 Å². The molecular formula is C15H18N4O. The van der Waals surface area contributed by atoms with E-state index in [2.05, 4.69) is 22.7 Å². The summed E-state index contributed by atoms with van der Waals surface area (Å²) >= 11 is 0. The van der Waals surface area contributed by atoms with Crippen LogP contribution >= 0.6 is 0 Å². The number of nitrogens with one attached hydrogen (secondary N) is 2. The molecule has 1 atom stereocenters. The SMILES string of the molecule is CC(CNC(=O)c1cc(NN)ccn1)c1ccccc1. The monoisotopic (exact) mass is 270 g/mol. The zero-order valence-corrected chi connectivity index (χ0v) is 11.3. The molecule has 20 heavy (non-hydrogen) atoms. The lowest BCUT2D eigenvalue weighted by molar-refractivity contribution is 0.0946. The first-order valence-electron chi connectivity index (χ1n) is 6.46. The number of pyridine rings is 1. The van der Waals surface area contributed by atoms with Crippen LogP contribution in [0.2, 0.25) is 0 Å². The number of nitrogen functional groups attached to an aromatic ring is 1. The van der Waals surface area contributed by atoms with Crippen LogP contribution in [0.4, 0.5) is 5.69 Å². The molecule has 1 aromatic carbocycles. The molecule has 0 saturated heterocycles. The lowest BCUT2D eigenvalue weighted by Gasteiger charge is -2.13. The molecule has 2 aromatic rings. The first-order chi connectivity index (χ1) is 9.70. The van der Waals surface area contributed by atoms with Crippen molar-refractivity contribution in [2.45, 2.75) is 12.8 Å². The van der Waals surface area contributed by atoms with Crippen molar-refractivity contribution in [3.8, 4) is 0 Å². The van der Waals surface area contributed by atoms with E-state index < -0.39 is 0 Å². The van der Waals surface area contributed by atoms with E-state index in [4.69, 9.17) is 5.84 Å². The Labute approximate surface area is 118 Å². The first kappa shape index (κ1) is 14.0. The molecule has 1 amide bonds. The molecule has 0 aliphatic rings. The third kappa shape index (κ3) is 3.55. The van der Waals surface area contributed by atoms with Crippen molar-refractivity contribution in [1.29, 1.82) is 0 Å². The Hall–Kier alpha value is -2.40. The fourth-order valence-electron chi connectivity index (χ4n) is 1.88. The summed E-state index contributed by atoms with van der Waals surface area (Å²) < 4.78 is 0. The second kappa shape index (κ2) is 6.68.